The fourth-order valence-electron chi connectivity index (χ4n) is 2.42. The quantitative estimate of drug-likeness (QED) is 0.759. The number of rotatable bonds is 6. The minimum Gasteiger partial charge on any atom is -0.508 e. The van der Waals surface area contributed by atoms with Crippen LogP contribution in [0.15, 0.2) is 48.5 Å². The predicted molar refractivity (Wildman–Crippen MR) is 105 cm³/mol. The molecule has 26 heavy (non-hydrogen) atoms. The topological polar surface area (TPSA) is 61.8 Å². The van der Waals surface area contributed by atoms with E-state index < -0.39 is 0 Å². The van der Waals surface area contributed by atoms with Gasteiger partial charge in [0, 0.05) is 19.3 Å². The van der Waals surface area contributed by atoms with Crippen molar-refractivity contribution >= 4 is 11.7 Å². The van der Waals surface area contributed by atoms with Crippen LogP contribution in [0.25, 0.3) is 0 Å². The molecule has 2 aromatic carbocycles. The van der Waals surface area contributed by atoms with Crippen LogP contribution in [0.2, 0.25) is 0 Å². The van der Waals surface area contributed by atoms with Crippen molar-refractivity contribution in [1.29, 1.82) is 0 Å². The van der Waals surface area contributed by atoms with Crippen molar-refractivity contribution in [3.63, 3.8) is 0 Å². The zero-order valence-corrected chi connectivity index (χ0v) is 16.0. The SMILES string of the molecule is CN(C(=O)NCCCOc1ccc(C(C)(C)C)cc1)c1ccc(O)cc1. The number of carbonyl (C=O) groups is 1. The fourth-order valence-corrected chi connectivity index (χ4v) is 2.42. The van der Waals surface area contributed by atoms with Crippen LogP contribution in [0.4, 0.5) is 10.5 Å². The summed E-state index contributed by atoms with van der Waals surface area (Å²) in [6.07, 6.45) is 0.718. The van der Waals surface area contributed by atoms with Gasteiger partial charge in [-0.15, -0.1) is 0 Å². The molecule has 2 amide bonds. The first kappa shape index (κ1) is 19.6. The van der Waals surface area contributed by atoms with Crippen LogP contribution in [0, 0.1) is 0 Å². The molecular weight excluding hydrogens is 328 g/mol. The molecule has 140 valence electrons. The molecule has 0 unspecified atom stereocenters. The summed E-state index contributed by atoms with van der Waals surface area (Å²) in [7, 11) is 1.69. The molecule has 0 aliphatic heterocycles. The van der Waals surface area contributed by atoms with Crippen LogP contribution in [-0.2, 0) is 5.41 Å². The molecule has 0 bridgehead atoms. The highest BCUT2D eigenvalue weighted by Gasteiger charge is 2.13. The highest BCUT2D eigenvalue weighted by Crippen LogP contribution is 2.24. The van der Waals surface area contributed by atoms with Gasteiger partial charge in [0.15, 0.2) is 0 Å². The number of ether oxygens (including phenoxy) is 1. The highest BCUT2D eigenvalue weighted by atomic mass is 16.5. The number of hydrogen-bond acceptors (Lipinski definition) is 3. The molecule has 0 radical (unpaired) electrons. The minimum atomic E-state index is -0.190. The molecule has 0 heterocycles. The summed E-state index contributed by atoms with van der Waals surface area (Å²) >= 11 is 0. The Balaban J connectivity index is 1.70. The molecule has 0 atom stereocenters. The largest absolute Gasteiger partial charge is 0.508 e. The van der Waals surface area contributed by atoms with E-state index in [4.69, 9.17) is 4.74 Å². The maximum Gasteiger partial charge on any atom is 0.321 e. The number of anilines is 1. The summed E-state index contributed by atoms with van der Waals surface area (Å²) < 4.78 is 5.72. The third kappa shape index (κ3) is 5.69. The Bertz CT molecular complexity index is 704. The Labute approximate surface area is 155 Å². The number of carbonyl (C=O) groups excluding carboxylic acids is 1. The van der Waals surface area contributed by atoms with E-state index >= 15 is 0 Å². The summed E-state index contributed by atoms with van der Waals surface area (Å²) in [5.74, 6) is 1.01. The van der Waals surface area contributed by atoms with Crippen molar-refractivity contribution in [2.75, 3.05) is 25.1 Å². The summed E-state index contributed by atoms with van der Waals surface area (Å²) in [4.78, 5) is 13.6. The van der Waals surface area contributed by atoms with E-state index in [0.29, 0.717) is 13.2 Å². The van der Waals surface area contributed by atoms with Crippen molar-refractivity contribution < 1.29 is 14.6 Å². The van der Waals surface area contributed by atoms with Gasteiger partial charge in [-0.2, -0.15) is 0 Å². The number of urea groups is 1. The average molecular weight is 356 g/mol. The van der Waals surface area contributed by atoms with Gasteiger partial charge in [-0.3, -0.25) is 4.90 Å². The van der Waals surface area contributed by atoms with E-state index in [1.165, 1.54) is 10.5 Å². The van der Waals surface area contributed by atoms with Crippen LogP contribution >= 0.6 is 0 Å². The first-order chi connectivity index (χ1) is 12.3. The Morgan fingerprint density at radius 1 is 1.08 bits per heavy atom. The van der Waals surface area contributed by atoms with Gasteiger partial charge in [-0.1, -0.05) is 32.9 Å². The smallest absolute Gasteiger partial charge is 0.321 e. The molecule has 0 saturated carbocycles. The minimum absolute atomic E-state index is 0.131. The molecule has 5 nitrogen and oxygen atoms in total. The lowest BCUT2D eigenvalue weighted by atomic mass is 9.87. The molecule has 0 aliphatic carbocycles. The van der Waals surface area contributed by atoms with Crippen molar-refractivity contribution in [2.24, 2.45) is 0 Å². The first-order valence-electron chi connectivity index (χ1n) is 8.81. The maximum absolute atomic E-state index is 12.1. The van der Waals surface area contributed by atoms with Crippen molar-refractivity contribution in [3.05, 3.63) is 54.1 Å². The third-order valence-corrected chi connectivity index (χ3v) is 4.13. The lowest BCUT2D eigenvalue weighted by Gasteiger charge is -2.19. The van der Waals surface area contributed by atoms with Crippen LogP contribution in [0.1, 0.15) is 32.8 Å². The second-order valence-electron chi connectivity index (χ2n) is 7.28. The van der Waals surface area contributed by atoms with Gasteiger partial charge < -0.3 is 15.2 Å². The molecule has 2 N–H and O–H groups in total. The van der Waals surface area contributed by atoms with E-state index in [1.807, 2.05) is 12.1 Å². The highest BCUT2D eigenvalue weighted by molar-refractivity contribution is 5.91. The third-order valence-electron chi connectivity index (χ3n) is 4.13. The molecule has 2 rings (SSSR count). The summed E-state index contributed by atoms with van der Waals surface area (Å²) in [5, 5.41) is 12.1. The van der Waals surface area contributed by atoms with Gasteiger partial charge in [-0.05, 0) is 53.8 Å². The number of phenolic OH excluding ortho intramolecular Hbond substituents is 1. The summed E-state index contributed by atoms with van der Waals surface area (Å²) in [5.41, 5.74) is 2.12. The Kier molecular flexibility index (Phi) is 6.50. The van der Waals surface area contributed by atoms with Crippen LogP contribution in [0.3, 0.4) is 0 Å². The van der Waals surface area contributed by atoms with Gasteiger partial charge in [0.1, 0.15) is 11.5 Å². The van der Waals surface area contributed by atoms with E-state index in [1.54, 1.807) is 31.3 Å². The van der Waals surface area contributed by atoms with Crippen molar-refractivity contribution in [2.45, 2.75) is 32.6 Å². The second kappa shape index (κ2) is 8.61. The average Bonchev–Trinajstić information content (AvgIpc) is 2.61. The molecular formula is C21H28N2O3. The monoisotopic (exact) mass is 356 g/mol. The summed E-state index contributed by atoms with van der Waals surface area (Å²) in [6.45, 7) is 7.61. The van der Waals surface area contributed by atoms with E-state index in [9.17, 15) is 9.90 Å². The predicted octanol–water partition coefficient (Wildman–Crippen LogP) is 4.30. The fraction of sp³-hybridized carbons (Fsp3) is 0.381. The van der Waals surface area contributed by atoms with Crippen LogP contribution < -0.4 is 15.0 Å². The van der Waals surface area contributed by atoms with Gasteiger partial charge in [0.2, 0.25) is 0 Å². The van der Waals surface area contributed by atoms with E-state index in [-0.39, 0.29) is 17.2 Å². The molecule has 0 fully saturated rings. The van der Waals surface area contributed by atoms with Crippen LogP contribution in [-0.4, -0.2) is 31.3 Å². The number of aromatic hydroxyl groups is 1. The number of hydrogen-bond donors (Lipinski definition) is 2. The summed E-state index contributed by atoms with van der Waals surface area (Å²) in [6, 6.07) is 14.4. The maximum atomic E-state index is 12.1. The van der Waals surface area contributed by atoms with E-state index in [2.05, 4.69) is 38.2 Å². The lowest BCUT2D eigenvalue weighted by Crippen LogP contribution is -2.38. The normalized spacial score (nSPS) is 11.1. The van der Waals surface area contributed by atoms with Gasteiger partial charge in [-0.25, -0.2) is 4.79 Å². The van der Waals surface area contributed by atoms with Gasteiger partial charge in [0.05, 0.1) is 6.61 Å². The van der Waals surface area contributed by atoms with E-state index in [0.717, 1.165) is 17.9 Å². The second-order valence-corrected chi connectivity index (χ2v) is 7.28. The Morgan fingerprint density at radius 2 is 1.69 bits per heavy atom. The standard InChI is InChI=1S/C21H28N2O3/c1-21(2,3)16-6-12-19(13-7-16)26-15-5-14-22-20(25)23(4)17-8-10-18(24)11-9-17/h6-13,24H,5,14-15H2,1-4H3,(H,22,25). The molecule has 0 aromatic heterocycles. The molecule has 2 aromatic rings. The number of phenols is 1. The van der Waals surface area contributed by atoms with Gasteiger partial charge in [0.25, 0.3) is 0 Å². The molecule has 0 aliphatic rings. The zero-order valence-electron chi connectivity index (χ0n) is 16.0. The molecule has 0 spiro atoms. The Morgan fingerprint density at radius 3 is 2.27 bits per heavy atom. The van der Waals surface area contributed by atoms with Gasteiger partial charge >= 0.3 is 6.03 Å². The number of nitrogens with one attached hydrogen (secondary N) is 1. The number of nitrogens with zero attached hydrogens (tertiary/aromatic N) is 1. The lowest BCUT2D eigenvalue weighted by molar-refractivity contribution is 0.245. The number of benzene rings is 2. The first-order valence-corrected chi connectivity index (χ1v) is 8.81. The van der Waals surface area contributed by atoms with Crippen molar-refractivity contribution in [1.82, 2.24) is 5.32 Å². The van der Waals surface area contributed by atoms with Crippen molar-refractivity contribution in [3.8, 4) is 11.5 Å². The Hall–Kier alpha value is -2.69. The molecule has 5 heteroatoms. The molecule has 0 saturated heterocycles. The van der Waals surface area contributed by atoms with Crippen LogP contribution in [0.5, 0.6) is 11.5 Å². The zero-order chi connectivity index (χ0) is 19.2. The number of amides is 2.